The lowest BCUT2D eigenvalue weighted by molar-refractivity contribution is -0.193. The van der Waals surface area contributed by atoms with Crippen molar-refractivity contribution >= 4 is 55.6 Å². The summed E-state index contributed by atoms with van der Waals surface area (Å²) in [6.45, 7) is 0. The number of rotatable bonds is 0. The van der Waals surface area contributed by atoms with Crippen LogP contribution in [0.15, 0.2) is 0 Å². The molecule has 0 aromatic carbocycles. The number of nitrogens with zero attached hydrogens (tertiary/aromatic N) is 4. The lowest BCUT2D eigenvalue weighted by atomic mass is 9.80. The maximum absolute atomic E-state index is 12.3. The average Bonchev–Trinajstić information content (AvgIpc) is 2.52. The molecule has 3 saturated heterocycles. The van der Waals surface area contributed by atoms with Crippen LogP contribution >= 0.6 is 31.9 Å². The van der Waals surface area contributed by atoms with Crippen LogP contribution in [-0.4, -0.2) is 79.5 Å². The van der Waals surface area contributed by atoms with Crippen LogP contribution < -0.4 is 0 Å². The van der Waals surface area contributed by atoms with Gasteiger partial charge in [0, 0.05) is 21.1 Å². The molecule has 3 rings (SSSR count). The van der Waals surface area contributed by atoms with Gasteiger partial charge in [0.1, 0.15) is 6.04 Å². The van der Waals surface area contributed by atoms with Gasteiger partial charge < -0.3 is 0 Å². The second-order valence-electron chi connectivity index (χ2n) is 4.95. The molecular weight excluding hydrogens is 400 g/mol. The molecule has 3 heterocycles. The molecule has 0 radical (unpaired) electrons. The van der Waals surface area contributed by atoms with Gasteiger partial charge in [-0.2, -0.15) is 5.01 Å². The fraction of sp³-hybridized carbons (Fsp3) is 0.600. The summed E-state index contributed by atoms with van der Waals surface area (Å²) in [7, 11) is 4.14. The molecule has 0 saturated carbocycles. The monoisotopic (exact) mass is 408 g/mol. The molecule has 5 amide bonds. The zero-order valence-corrected chi connectivity index (χ0v) is 13.9. The van der Waals surface area contributed by atoms with Crippen molar-refractivity contribution in [1.82, 2.24) is 19.8 Å². The molecule has 0 bridgehead atoms. The van der Waals surface area contributed by atoms with E-state index in [0.29, 0.717) is 0 Å². The number of likely N-dealkylation sites (N-methyl/N-ethyl adjacent to an activating group) is 2. The summed E-state index contributed by atoms with van der Waals surface area (Å²) >= 11 is 6.52. The minimum Gasteiger partial charge on any atom is -0.282 e. The number of halogens is 2. The second kappa shape index (κ2) is 3.60. The number of hydrogen-bond acceptors (Lipinski definition) is 5. The average molecular weight is 410 g/mol. The van der Waals surface area contributed by atoms with Gasteiger partial charge >= 0.3 is 6.03 Å². The Morgan fingerprint density at radius 2 is 1.50 bits per heavy atom. The Kier molecular flexibility index (Phi) is 2.51. The van der Waals surface area contributed by atoms with Crippen LogP contribution in [-0.2, 0) is 14.4 Å². The van der Waals surface area contributed by atoms with E-state index < -0.39 is 38.6 Å². The van der Waals surface area contributed by atoms with Crippen molar-refractivity contribution in [2.24, 2.45) is 0 Å². The van der Waals surface area contributed by atoms with E-state index >= 15 is 0 Å². The second-order valence-corrected chi connectivity index (χ2v) is 7.35. The topological polar surface area (TPSA) is 81.2 Å². The highest BCUT2D eigenvalue weighted by Gasteiger charge is 2.86. The molecule has 3 fully saturated rings. The van der Waals surface area contributed by atoms with Gasteiger partial charge in [0.15, 0.2) is 4.32 Å². The molecule has 0 aromatic heterocycles. The van der Waals surface area contributed by atoms with E-state index in [1.54, 1.807) is 0 Å². The van der Waals surface area contributed by atoms with Gasteiger partial charge in [0.25, 0.3) is 17.7 Å². The SMILES string of the molecule is CN1C(=O)[C@H]2N(N(C)C1=O)[C@]1(Br)C(=O)N(C)C(=O)[C@]21Br. The highest BCUT2D eigenvalue weighted by molar-refractivity contribution is 9.13. The number of likely N-dealkylation sites (tertiary alicyclic amines) is 1. The first-order chi connectivity index (χ1) is 9.11. The number of carbonyl (C=O) groups is 4. The molecule has 108 valence electrons. The first-order valence-electron chi connectivity index (χ1n) is 5.66. The summed E-state index contributed by atoms with van der Waals surface area (Å²) in [6.07, 6.45) is 0. The Morgan fingerprint density at radius 3 is 2.05 bits per heavy atom. The number of hydrazine groups is 1. The standard InChI is InChI=1S/C10H10Br2N4O4/c1-13-5(17)4-9(11)6(18)14(2)7(19)10(9,12)16(4)15(3)8(13)20/h4H,1-3H3/t4-,9-,10-/m1/s1. The number of hydrogen-bond donors (Lipinski definition) is 0. The van der Waals surface area contributed by atoms with E-state index in [2.05, 4.69) is 31.9 Å². The quantitative estimate of drug-likeness (QED) is 0.301. The van der Waals surface area contributed by atoms with Crippen molar-refractivity contribution in [3.8, 4) is 0 Å². The lowest BCUT2D eigenvalue weighted by Gasteiger charge is -2.63. The van der Waals surface area contributed by atoms with Gasteiger partial charge in [-0.05, 0) is 0 Å². The molecule has 0 aliphatic carbocycles. The molecule has 3 aliphatic heterocycles. The van der Waals surface area contributed by atoms with Crippen molar-refractivity contribution in [3.63, 3.8) is 0 Å². The predicted octanol–water partition coefficient (Wildman–Crippen LogP) is -0.667. The van der Waals surface area contributed by atoms with E-state index in [1.165, 1.54) is 31.2 Å². The smallest absolute Gasteiger partial charge is 0.282 e. The zero-order chi connectivity index (χ0) is 15.2. The summed E-state index contributed by atoms with van der Waals surface area (Å²) in [4.78, 5) is 50.8. The maximum atomic E-state index is 12.3. The third kappa shape index (κ3) is 1.06. The molecule has 0 spiro atoms. The first kappa shape index (κ1) is 14.0. The lowest BCUT2D eigenvalue weighted by Crippen LogP contribution is -2.89. The molecule has 0 N–H and O–H groups in total. The van der Waals surface area contributed by atoms with E-state index in [-0.39, 0.29) is 0 Å². The molecule has 3 atom stereocenters. The number of imide groups is 2. The Bertz CT molecular complexity index is 598. The van der Waals surface area contributed by atoms with Crippen LogP contribution in [0.2, 0.25) is 0 Å². The fourth-order valence-electron chi connectivity index (χ4n) is 2.94. The van der Waals surface area contributed by atoms with E-state index in [9.17, 15) is 19.2 Å². The zero-order valence-electron chi connectivity index (χ0n) is 10.8. The van der Waals surface area contributed by atoms with E-state index in [4.69, 9.17) is 0 Å². The van der Waals surface area contributed by atoms with Crippen molar-refractivity contribution in [3.05, 3.63) is 0 Å². The Balaban J connectivity index is 2.19. The Hall–Kier alpha value is -1.00. The molecule has 0 aromatic rings. The van der Waals surface area contributed by atoms with Crippen molar-refractivity contribution < 1.29 is 19.2 Å². The van der Waals surface area contributed by atoms with Gasteiger partial charge in [0.2, 0.25) is 4.45 Å². The summed E-state index contributed by atoms with van der Waals surface area (Å²) in [5, 5.41) is 2.47. The fourth-order valence-corrected chi connectivity index (χ4v) is 5.04. The van der Waals surface area contributed by atoms with Crippen molar-refractivity contribution in [2.75, 3.05) is 21.1 Å². The first-order valence-corrected chi connectivity index (χ1v) is 7.25. The highest BCUT2D eigenvalue weighted by atomic mass is 79.9. The minimum absolute atomic E-state index is 0.509. The van der Waals surface area contributed by atoms with Crippen LogP contribution in [0.25, 0.3) is 0 Å². The van der Waals surface area contributed by atoms with E-state index in [1.807, 2.05) is 0 Å². The van der Waals surface area contributed by atoms with Gasteiger partial charge in [-0.3, -0.25) is 29.2 Å². The largest absolute Gasteiger partial charge is 0.340 e. The molecular formula is C10H10Br2N4O4. The Labute approximate surface area is 130 Å². The van der Waals surface area contributed by atoms with Crippen molar-refractivity contribution in [2.45, 2.75) is 14.8 Å². The molecule has 20 heavy (non-hydrogen) atoms. The number of amides is 5. The summed E-state index contributed by atoms with van der Waals surface area (Å²) in [5.41, 5.74) is 0. The van der Waals surface area contributed by atoms with Crippen molar-refractivity contribution in [1.29, 1.82) is 0 Å². The molecule has 3 aliphatic rings. The summed E-state index contributed by atoms with van der Waals surface area (Å²) in [6, 6.07) is -1.51. The minimum atomic E-state index is -1.46. The van der Waals surface area contributed by atoms with Gasteiger partial charge in [-0.1, -0.05) is 31.9 Å². The van der Waals surface area contributed by atoms with Crippen LogP contribution in [0.1, 0.15) is 0 Å². The number of fused-ring (bicyclic) bond motifs is 4. The van der Waals surface area contributed by atoms with Gasteiger partial charge in [-0.25, -0.2) is 4.79 Å². The Morgan fingerprint density at radius 1 is 0.950 bits per heavy atom. The third-order valence-corrected chi connectivity index (χ3v) is 7.28. The molecule has 8 nitrogen and oxygen atoms in total. The van der Waals surface area contributed by atoms with Gasteiger partial charge in [0.05, 0.1) is 0 Å². The number of carbonyl (C=O) groups excluding carboxylic acids is 4. The van der Waals surface area contributed by atoms with Gasteiger partial charge in [-0.15, -0.1) is 0 Å². The summed E-state index contributed by atoms with van der Waals surface area (Å²) in [5.74, 6) is -1.56. The molecule has 0 unspecified atom stereocenters. The maximum Gasteiger partial charge on any atom is 0.340 e. The number of alkyl halides is 2. The normalized spacial score (nSPS) is 41.0. The van der Waals surface area contributed by atoms with Crippen LogP contribution in [0, 0.1) is 0 Å². The summed E-state index contributed by atoms with van der Waals surface area (Å²) < 4.78 is -2.87. The van der Waals surface area contributed by atoms with E-state index in [0.717, 1.165) is 9.80 Å². The highest BCUT2D eigenvalue weighted by Crippen LogP contribution is 2.62. The van der Waals surface area contributed by atoms with Crippen LogP contribution in [0.3, 0.4) is 0 Å². The van der Waals surface area contributed by atoms with Crippen LogP contribution in [0.4, 0.5) is 4.79 Å². The van der Waals surface area contributed by atoms with Crippen LogP contribution in [0.5, 0.6) is 0 Å². The third-order valence-electron chi connectivity index (χ3n) is 4.07. The number of urea groups is 1. The predicted molar refractivity (Wildman–Crippen MR) is 72.6 cm³/mol. The molecule has 10 heteroatoms.